The number of nitrogens with one attached hydrogen (secondary N) is 1. The molecule has 0 radical (unpaired) electrons. The van der Waals surface area contributed by atoms with E-state index < -0.39 is 5.60 Å². The number of hydrazine groups is 1. The van der Waals surface area contributed by atoms with E-state index in [0.29, 0.717) is 5.92 Å². The normalized spacial score (nSPS) is 19.9. The van der Waals surface area contributed by atoms with E-state index in [2.05, 4.69) is 15.2 Å². The van der Waals surface area contributed by atoms with Gasteiger partial charge in [0.2, 0.25) is 0 Å². The summed E-state index contributed by atoms with van der Waals surface area (Å²) in [6, 6.07) is 7.04. The molecule has 1 amide bonds. The maximum atomic E-state index is 14.0. The van der Waals surface area contributed by atoms with Crippen LogP contribution in [0.5, 0.6) is 0 Å². The first-order chi connectivity index (χ1) is 13.8. The number of piperazine rings is 1. The number of carbonyl (C=O) groups is 1. The summed E-state index contributed by atoms with van der Waals surface area (Å²) in [5.74, 6) is 0.559. The van der Waals surface area contributed by atoms with Gasteiger partial charge in [-0.3, -0.25) is 10.3 Å². The number of benzene rings is 1. The van der Waals surface area contributed by atoms with Gasteiger partial charge in [0.1, 0.15) is 11.4 Å². The first-order valence-corrected chi connectivity index (χ1v) is 10.8. The van der Waals surface area contributed by atoms with Crippen LogP contribution in [0.3, 0.4) is 0 Å². The Bertz CT molecular complexity index is 663. The summed E-state index contributed by atoms with van der Waals surface area (Å²) in [6.45, 7) is 12.1. The van der Waals surface area contributed by atoms with Crippen molar-refractivity contribution >= 4 is 11.8 Å². The number of hydrogen-bond acceptors (Lipinski definition) is 5. The fourth-order valence-electron chi connectivity index (χ4n) is 4.05. The lowest BCUT2D eigenvalue weighted by molar-refractivity contribution is 0.0257. The molecule has 0 aliphatic carbocycles. The SMILES string of the molecule is CC(C)(C)OC(=O)NN1CCC(CCN2CCN(c3ccccc3F)CC2)CC1. The Morgan fingerprint density at radius 1 is 1.10 bits per heavy atom. The topological polar surface area (TPSA) is 48.1 Å². The summed E-state index contributed by atoms with van der Waals surface area (Å²) >= 11 is 0. The van der Waals surface area contributed by atoms with Crippen molar-refractivity contribution in [1.29, 1.82) is 0 Å². The largest absolute Gasteiger partial charge is 0.443 e. The Hall–Kier alpha value is -1.86. The monoisotopic (exact) mass is 406 g/mol. The summed E-state index contributed by atoms with van der Waals surface area (Å²) in [5.41, 5.74) is 3.10. The van der Waals surface area contributed by atoms with Crippen molar-refractivity contribution in [2.75, 3.05) is 50.7 Å². The van der Waals surface area contributed by atoms with Crippen molar-refractivity contribution in [3.05, 3.63) is 30.1 Å². The third-order valence-corrected chi connectivity index (χ3v) is 5.68. The molecule has 0 saturated carbocycles. The van der Waals surface area contributed by atoms with Crippen LogP contribution in [0, 0.1) is 11.7 Å². The van der Waals surface area contributed by atoms with Gasteiger partial charge in [-0.25, -0.2) is 14.2 Å². The molecule has 7 heteroatoms. The van der Waals surface area contributed by atoms with Gasteiger partial charge in [-0.1, -0.05) is 12.1 Å². The van der Waals surface area contributed by atoms with Crippen molar-refractivity contribution in [2.24, 2.45) is 5.92 Å². The highest BCUT2D eigenvalue weighted by atomic mass is 19.1. The van der Waals surface area contributed by atoms with Crippen molar-refractivity contribution < 1.29 is 13.9 Å². The molecule has 3 rings (SSSR count). The summed E-state index contributed by atoms with van der Waals surface area (Å²) in [6.07, 6.45) is 2.99. The average molecular weight is 407 g/mol. The van der Waals surface area contributed by atoms with Crippen molar-refractivity contribution in [1.82, 2.24) is 15.3 Å². The third-order valence-electron chi connectivity index (χ3n) is 5.68. The molecule has 1 aromatic rings. The highest BCUT2D eigenvalue weighted by Crippen LogP contribution is 2.22. The summed E-state index contributed by atoms with van der Waals surface area (Å²) < 4.78 is 19.3. The van der Waals surface area contributed by atoms with Crippen molar-refractivity contribution in [2.45, 2.75) is 45.6 Å². The van der Waals surface area contributed by atoms with Crippen LogP contribution in [0.2, 0.25) is 0 Å². The van der Waals surface area contributed by atoms with Crippen LogP contribution in [0.15, 0.2) is 24.3 Å². The minimum absolute atomic E-state index is 0.132. The van der Waals surface area contributed by atoms with Gasteiger partial charge in [0.25, 0.3) is 0 Å². The van der Waals surface area contributed by atoms with E-state index in [1.165, 1.54) is 12.5 Å². The van der Waals surface area contributed by atoms with E-state index in [1.54, 1.807) is 6.07 Å². The molecule has 2 aliphatic heterocycles. The Kier molecular flexibility index (Phi) is 7.35. The molecule has 1 aromatic carbocycles. The molecule has 0 bridgehead atoms. The van der Waals surface area contributed by atoms with Crippen LogP contribution in [0.4, 0.5) is 14.9 Å². The van der Waals surface area contributed by atoms with E-state index in [-0.39, 0.29) is 11.9 Å². The van der Waals surface area contributed by atoms with Crippen LogP contribution in [-0.4, -0.2) is 67.4 Å². The smallest absolute Gasteiger partial charge is 0.422 e. The number of halogens is 1. The van der Waals surface area contributed by atoms with E-state index in [4.69, 9.17) is 4.74 Å². The number of carbonyl (C=O) groups excluding carboxylic acids is 1. The van der Waals surface area contributed by atoms with Gasteiger partial charge in [0, 0.05) is 39.3 Å². The van der Waals surface area contributed by atoms with Gasteiger partial charge in [-0.2, -0.15) is 0 Å². The molecule has 6 nitrogen and oxygen atoms in total. The van der Waals surface area contributed by atoms with Crippen LogP contribution >= 0.6 is 0 Å². The van der Waals surface area contributed by atoms with Gasteiger partial charge in [0.05, 0.1) is 5.69 Å². The highest BCUT2D eigenvalue weighted by Gasteiger charge is 2.24. The molecule has 162 valence electrons. The molecule has 0 unspecified atom stereocenters. The molecule has 2 heterocycles. The number of rotatable bonds is 5. The average Bonchev–Trinajstić information content (AvgIpc) is 2.67. The van der Waals surface area contributed by atoms with Gasteiger partial charge >= 0.3 is 6.09 Å². The molecule has 29 heavy (non-hydrogen) atoms. The molecule has 0 aromatic heterocycles. The first-order valence-electron chi connectivity index (χ1n) is 10.8. The lowest BCUT2D eigenvalue weighted by atomic mass is 9.94. The van der Waals surface area contributed by atoms with E-state index in [9.17, 15) is 9.18 Å². The van der Waals surface area contributed by atoms with Gasteiger partial charge in [-0.05, 0) is 64.6 Å². The molecular weight excluding hydrogens is 371 g/mol. The number of ether oxygens (including phenoxy) is 1. The van der Waals surface area contributed by atoms with Gasteiger partial charge in [0.15, 0.2) is 0 Å². The Morgan fingerprint density at radius 2 is 1.76 bits per heavy atom. The van der Waals surface area contributed by atoms with Crippen LogP contribution in [-0.2, 0) is 4.74 Å². The molecule has 0 spiro atoms. The summed E-state index contributed by atoms with van der Waals surface area (Å²) in [5, 5.41) is 1.97. The lowest BCUT2D eigenvalue weighted by Gasteiger charge is -2.37. The van der Waals surface area contributed by atoms with Crippen LogP contribution in [0.1, 0.15) is 40.0 Å². The standard InChI is InChI=1S/C22H35FN4O2/c1-22(2,3)29-21(28)24-27-12-9-18(10-13-27)8-11-25-14-16-26(17-15-25)20-7-5-4-6-19(20)23/h4-7,18H,8-17H2,1-3H3,(H,24,28). The number of piperidine rings is 1. The quantitative estimate of drug-likeness (QED) is 0.811. The second-order valence-corrected chi connectivity index (χ2v) is 9.11. The zero-order valence-electron chi connectivity index (χ0n) is 18.0. The summed E-state index contributed by atoms with van der Waals surface area (Å²) in [7, 11) is 0. The predicted octanol–water partition coefficient (Wildman–Crippen LogP) is 3.49. The van der Waals surface area contributed by atoms with E-state index in [1.807, 2.05) is 37.9 Å². The van der Waals surface area contributed by atoms with Crippen LogP contribution < -0.4 is 10.3 Å². The zero-order chi connectivity index (χ0) is 20.9. The van der Waals surface area contributed by atoms with Gasteiger partial charge in [-0.15, -0.1) is 0 Å². The fraction of sp³-hybridized carbons (Fsp3) is 0.682. The number of amides is 1. The number of hydrogen-bond donors (Lipinski definition) is 1. The second kappa shape index (κ2) is 9.76. The molecular formula is C22H35FN4O2. The minimum atomic E-state index is -0.474. The molecule has 1 N–H and O–H groups in total. The fourth-order valence-corrected chi connectivity index (χ4v) is 4.05. The maximum absolute atomic E-state index is 14.0. The maximum Gasteiger partial charge on any atom is 0.422 e. The highest BCUT2D eigenvalue weighted by molar-refractivity contribution is 5.67. The summed E-state index contributed by atoms with van der Waals surface area (Å²) in [4.78, 5) is 16.5. The van der Waals surface area contributed by atoms with Gasteiger partial charge < -0.3 is 9.64 Å². The van der Waals surface area contributed by atoms with E-state index in [0.717, 1.165) is 64.3 Å². The lowest BCUT2D eigenvalue weighted by Crippen LogP contribution is -2.49. The molecule has 2 fully saturated rings. The molecule has 0 atom stereocenters. The Labute approximate surface area is 173 Å². The van der Waals surface area contributed by atoms with Crippen LogP contribution in [0.25, 0.3) is 0 Å². The van der Waals surface area contributed by atoms with Crippen molar-refractivity contribution in [3.8, 4) is 0 Å². The minimum Gasteiger partial charge on any atom is -0.443 e. The number of nitrogens with zero attached hydrogens (tertiary/aromatic N) is 3. The zero-order valence-corrected chi connectivity index (χ0v) is 18.0. The number of anilines is 1. The Balaban J connectivity index is 1.32. The predicted molar refractivity (Wildman–Crippen MR) is 113 cm³/mol. The molecule has 2 saturated heterocycles. The second-order valence-electron chi connectivity index (χ2n) is 9.11. The third kappa shape index (κ3) is 6.85. The molecule has 2 aliphatic rings. The first kappa shape index (κ1) is 21.8. The Morgan fingerprint density at radius 3 is 2.38 bits per heavy atom. The van der Waals surface area contributed by atoms with Crippen molar-refractivity contribution in [3.63, 3.8) is 0 Å². The van der Waals surface area contributed by atoms with E-state index >= 15 is 0 Å². The number of para-hydroxylation sites is 1.